The predicted octanol–water partition coefficient (Wildman–Crippen LogP) is 3.71. The van der Waals surface area contributed by atoms with E-state index in [0.717, 1.165) is 10.6 Å². The van der Waals surface area contributed by atoms with Crippen molar-refractivity contribution in [3.05, 3.63) is 80.6 Å². The Hall–Kier alpha value is -3.52. The van der Waals surface area contributed by atoms with Crippen LogP contribution in [0.5, 0.6) is 5.75 Å². The number of fused-ring (bicyclic) bond motifs is 2. The lowest BCUT2D eigenvalue weighted by molar-refractivity contribution is 0.0970. The first-order valence-electron chi connectivity index (χ1n) is 8.92. The Morgan fingerprint density at radius 2 is 1.90 bits per heavy atom. The molecule has 7 nitrogen and oxygen atoms in total. The number of ether oxygens (including phenoxy) is 1. The molecule has 8 heteroatoms. The van der Waals surface area contributed by atoms with Crippen LogP contribution < -0.4 is 15.1 Å². The maximum absolute atomic E-state index is 13.4. The SMILES string of the molecule is COc1ccc2c(=O)c3c(oc2c1)C(=O)N(c1nnc(C)s1)[C@H]3c1ccccc1. The molecule has 3 heterocycles. The van der Waals surface area contributed by atoms with E-state index < -0.39 is 11.9 Å². The summed E-state index contributed by atoms with van der Waals surface area (Å²) in [6.07, 6.45) is 0. The summed E-state index contributed by atoms with van der Waals surface area (Å²) in [6, 6.07) is 13.7. The monoisotopic (exact) mass is 405 g/mol. The first-order chi connectivity index (χ1) is 14.1. The number of anilines is 1. The van der Waals surface area contributed by atoms with Gasteiger partial charge in [-0.1, -0.05) is 41.7 Å². The molecule has 1 aliphatic heterocycles. The highest BCUT2D eigenvalue weighted by atomic mass is 32.1. The van der Waals surface area contributed by atoms with Crippen LogP contribution in [0, 0.1) is 6.92 Å². The number of amides is 1. The Bertz CT molecular complexity index is 1310. The van der Waals surface area contributed by atoms with Gasteiger partial charge in [-0.05, 0) is 24.6 Å². The summed E-state index contributed by atoms with van der Waals surface area (Å²) in [5.41, 5.74) is 1.18. The topological polar surface area (TPSA) is 85.5 Å². The number of nitrogens with zero attached hydrogens (tertiary/aromatic N) is 3. The van der Waals surface area contributed by atoms with Gasteiger partial charge < -0.3 is 9.15 Å². The first-order valence-corrected chi connectivity index (χ1v) is 9.73. The number of carbonyl (C=O) groups is 1. The van der Waals surface area contributed by atoms with Gasteiger partial charge in [0.15, 0.2) is 5.43 Å². The van der Waals surface area contributed by atoms with Crippen LogP contribution in [-0.2, 0) is 0 Å². The molecule has 0 radical (unpaired) electrons. The zero-order valence-electron chi connectivity index (χ0n) is 15.6. The van der Waals surface area contributed by atoms with E-state index in [1.165, 1.54) is 23.3 Å². The lowest BCUT2D eigenvalue weighted by Gasteiger charge is -2.21. The fourth-order valence-electron chi connectivity index (χ4n) is 3.61. The van der Waals surface area contributed by atoms with E-state index in [1.54, 1.807) is 18.2 Å². The number of benzene rings is 2. The summed E-state index contributed by atoms with van der Waals surface area (Å²) in [4.78, 5) is 28.3. The van der Waals surface area contributed by atoms with Gasteiger partial charge in [-0.25, -0.2) is 0 Å². The van der Waals surface area contributed by atoms with Gasteiger partial charge in [0.2, 0.25) is 10.9 Å². The average Bonchev–Trinajstić information content (AvgIpc) is 3.29. The number of hydrogen-bond donors (Lipinski definition) is 0. The second-order valence-electron chi connectivity index (χ2n) is 6.63. The van der Waals surface area contributed by atoms with Crippen molar-refractivity contribution in [1.29, 1.82) is 0 Å². The van der Waals surface area contributed by atoms with Gasteiger partial charge >= 0.3 is 0 Å². The van der Waals surface area contributed by atoms with Gasteiger partial charge in [-0.15, -0.1) is 10.2 Å². The largest absolute Gasteiger partial charge is 0.497 e. The number of aryl methyl sites for hydroxylation is 1. The first kappa shape index (κ1) is 17.6. The van der Waals surface area contributed by atoms with E-state index in [-0.39, 0.29) is 11.2 Å². The minimum atomic E-state index is -0.631. The summed E-state index contributed by atoms with van der Waals surface area (Å²) in [5, 5.41) is 9.73. The van der Waals surface area contributed by atoms with E-state index >= 15 is 0 Å². The molecular weight excluding hydrogens is 390 g/mol. The van der Waals surface area contributed by atoms with Gasteiger partial charge in [0.25, 0.3) is 5.91 Å². The van der Waals surface area contributed by atoms with Crippen LogP contribution >= 0.6 is 11.3 Å². The zero-order chi connectivity index (χ0) is 20.1. The number of rotatable bonds is 3. The van der Waals surface area contributed by atoms with Gasteiger partial charge in [-0.3, -0.25) is 14.5 Å². The van der Waals surface area contributed by atoms with Crippen molar-refractivity contribution >= 4 is 33.3 Å². The van der Waals surface area contributed by atoms with E-state index in [0.29, 0.717) is 27.4 Å². The minimum Gasteiger partial charge on any atom is -0.497 e. The smallest absolute Gasteiger partial charge is 0.297 e. The molecule has 0 saturated carbocycles. The van der Waals surface area contributed by atoms with Crippen molar-refractivity contribution < 1.29 is 13.9 Å². The number of methoxy groups -OCH3 is 1. The summed E-state index contributed by atoms with van der Waals surface area (Å²) >= 11 is 1.29. The van der Waals surface area contributed by atoms with E-state index in [2.05, 4.69) is 10.2 Å². The molecule has 0 N–H and O–H groups in total. The molecule has 2 aromatic carbocycles. The Morgan fingerprint density at radius 1 is 1.10 bits per heavy atom. The molecule has 1 amide bonds. The Labute approximate surface area is 169 Å². The molecule has 29 heavy (non-hydrogen) atoms. The molecule has 144 valence electrons. The number of hydrogen-bond acceptors (Lipinski definition) is 7. The van der Waals surface area contributed by atoms with Crippen LogP contribution in [0.15, 0.2) is 57.7 Å². The molecule has 0 aliphatic carbocycles. The van der Waals surface area contributed by atoms with Crippen molar-refractivity contribution in [2.45, 2.75) is 13.0 Å². The third-order valence-corrected chi connectivity index (χ3v) is 5.75. The lowest BCUT2D eigenvalue weighted by Crippen LogP contribution is -2.29. The van der Waals surface area contributed by atoms with E-state index in [4.69, 9.17) is 9.15 Å². The molecule has 1 aliphatic rings. The van der Waals surface area contributed by atoms with Crippen molar-refractivity contribution in [2.75, 3.05) is 12.0 Å². The number of aromatic nitrogens is 2. The minimum absolute atomic E-state index is 0.0254. The third-order valence-electron chi connectivity index (χ3n) is 4.92. The second kappa shape index (κ2) is 6.52. The molecule has 1 atom stereocenters. The molecule has 5 rings (SSSR count). The van der Waals surface area contributed by atoms with Gasteiger partial charge in [0, 0.05) is 6.07 Å². The van der Waals surface area contributed by atoms with Crippen LogP contribution in [-0.4, -0.2) is 23.2 Å². The fraction of sp³-hybridized carbons (Fsp3) is 0.143. The maximum Gasteiger partial charge on any atom is 0.297 e. The van der Waals surface area contributed by atoms with Crippen molar-refractivity contribution in [3.63, 3.8) is 0 Å². The van der Waals surface area contributed by atoms with Crippen molar-refractivity contribution in [1.82, 2.24) is 10.2 Å². The van der Waals surface area contributed by atoms with Gasteiger partial charge in [0.05, 0.1) is 24.1 Å². The third kappa shape index (κ3) is 2.64. The van der Waals surface area contributed by atoms with Gasteiger partial charge in [-0.2, -0.15) is 0 Å². The predicted molar refractivity (Wildman–Crippen MR) is 109 cm³/mol. The Morgan fingerprint density at radius 3 is 2.59 bits per heavy atom. The van der Waals surface area contributed by atoms with Crippen LogP contribution in [0.1, 0.15) is 32.7 Å². The van der Waals surface area contributed by atoms with Crippen molar-refractivity contribution in [3.8, 4) is 5.75 Å². The summed E-state index contributed by atoms with van der Waals surface area (Å²) in [5.74, 6) is 0.159. The summed E-state index contributed by atoms with van der Waals surface area (Å²) < 4.78 is 11.2. The quantitative estimate of drug-likeness (QED) is 0.517. The molecule has 0 saturated heterocycles. The highest BCUT2D eigenvalue weighted by molar-refractivity contribution is 7.15. The zero-order valence-corrected chi connectivity index (χ0v) is 16.4. The highest BCUT2D eigenvalue weighted by Gasteiger charge is 2.45. The van der Waals surface area contributed by atoms with Gasteiger partial charge in [0.1, 0.15) is 16.3 Å². The Kier molecular flexibility index (Phi) is 3.95. The Balaban J connectivity index is 1.81. The van der Waals surface area contributed by atoms with Crippen molar-refractivity contribution in [2.24, 2.45) is 0 Å². The summed E-state index contributed by atoms with van der Waals surface area (Å²) in [6.45, 7) is 1.82. The molecule has 0 spiro atoms. The molecule has 4 aromatic rings. The average molecular weight is 405 g/mol. The molecule has 0 bridgehead atoms. The molecule has 0 fully saturated rings. The number of carbonyl (C=O) groups excluding carboxylic acids is 1. The molecular formula is C21H15N3O4S. The highest BCUT2D eigenvalue weighted by Crippen LogP contribution is 2.42. The maximum atomic E-state index is 13.4. The van der Waals surface area contributed by atoms with E-state index in [1.807, 2.05) is 37.3 Å². The standard InChI is InChI=1S/C21H15N3O4S/c1-11-22-23-21(29-11)24-17(12-6-4-3-5-7-12)16-18(25)14-9-8-13(27-2)10-15(14)28-19(16)20(24)26/h3-10,17H,1-2H3/t17-/m0/s1. The second-order valence-corrected chi connectivity index (χ2v) is 7.79. The van der Waals surface area contributed by atoms with Crippen LogP contribution in [0.2, 0.25) is 0 Å². The fourth-order valence-corrected chi connectivity index (χ4v) is 4.32. The van der Waals surface area contributed by atoms with Crippen LogP contribution in [0.4, 0.5) is 5.13 Å². The molecule has 0 unspecified atom stereocenters. The molecule has 2 aromatic heterocycles. The lowest BCUT2D eigenvalue weighted by atomic mass is 9.99. The summed E-state index contributed by atoms with van der Waals surface area (Å²) in [7, 11) is 1.53. The van der Waals surface area contributed by atoms with Crippen LogP contribution in [0.25, 0.3) is 11.0 Å². The normalized spacial score (nSPS) is 15.7. The van der Waals surface area contributed by atoms with E-state index in [9.17, 15) is 9.59 Å². The van der Waals surface area contributed by atoms with Crippen LogP contribution in [0.3, 0.4) is 0 Å².